The van der Waals surface area contributed by atoms with E-state index >= 15 is 0 Å². The van der Waals surface area contributed by atoms with Crippen LogP contribution in [0.2, 0.25) is 5.02 Å². The second kappa shape index (κ2) is 9.71. The molecule has 0 radical (unpaired) electrons. The molecule has 1 saturated heterocycles. The fraction of sp³-hybridized carbons (Fsp3) is 0.375. The number of carbonyl (C=O) groups is 1. The van der Waals surface area contributed by atoms with E-state index in [0.717, 1.165) is 18.5 Å². The molecular formula is C24H26ClN3O4. The summed E-state index contributed by atoms with van der Waals surface area (Å²) in [5, 5.41) is 1.12. The Bertz CT molecular complexity index is 1240. The lowest BCUT2D eigenvalue weighted by Gasteiger charge is -2.37. The summed E-state index contributed by atoms with van der Waals surface area (Å²) in [4.78, 5) is 42.9. The van der Waals surface area contributed by atoms with Gasteiger partial charge < -0.3 is 14.6 Å². The smallest absolute Gasteiger partial charge is 0.328 e. The number of hydrogen-bond acceptors (Lipinski definition) is 5. The number of hydrogen-bond donors (Lipinski definition) is 1. The number of halogens is 1. The van der Waals surface area contributed by atoms with E-state index in [1.807, 2.05) is 24.3 Å². The van der Waals surface area contributed by atoms with E-state index in [1.54, 1.807) is 31.2 Å². The van der Waals surface area contributed by atoms with Gasteiger partial charge in [0.15, 0.2) is 0 Å². The van der Waals surface area contributed by atoms with E-state index in [9.17, 15) is 14.4 Å². The largest absolute Gasteiger partial charge is 0.466 e. The second-order valence-electron chi connectivity index (χ2n) is 8.04. The minimum atomic E-state index is -0.426. The number of aromatic amines is 1. The monoisotopic (exact) mass is 455 g/mol. The third-order valence-electron chi connectivity index (χ3n) is 6.09. The molecule has 0 spiro atoms. The fourth-order valence-corrected chi connectivity index (χ4v) is 4.69. The molecule has 0 amide bonds. The summed E-state index contributed by atoms with van der Waals surface area (Å²) >= 11 is 6.18. The van der Waals surface area contributed by atoms with Crippen LogP contribution in [-0.4, -0.2) is 46.7 Å². The van der Waals surface area contributed by atoms with Crippen molar-refractivity contribution in [3.8, 4) is 0 Å². The number of carbonyl (C=O) groups excluding carboxylic acids is 1. The predicted molar refractivity (Wildman–Crippen MR) is 124 cm³/mol. The van der Waals surface area contributed by atoms with Crippen molar-refractivity contribution in [1.29, 1.82) is 0 Å². The zero-order valence-corrected chi connectivity index (χ0v) is 18.7. The van der Waals surface area contributed by atoms with Gasteiger partial charge in [0.25, 0.3) is 5.56 Å². The quantitative estimate of drug-likeness (QED) is 0.577. The summed E-state index contributed by atoms with van der Waals surface area (Å²) < 4.78 is 6.58. The number of nitrogens with zero attached hydrogens (tertiary/aromatic N) is 2. The SMILES string of the molecule is CCOC(=O)[C@@H]1CN(CCn2c(=O)[nH]c3ccccc3c2=O)CC[C@@H]1c1cccc(Cl)c1. The van der Waals surface area contributed by atoms with Crippen LogP contribution < -0.4 is 11.2 Å². The van der Waals surface area contributed by atoms with E-state index in [2.05, 4.69) is 9.88 Å². The molecule has 2 atom stereocenters. The maximum absolute atomic E-state index is 12.8. The highest BCUT2D eigenvalue weighted by molar-refractivity contribution is 6.30. The van der Waals surface area contributed by atoms with Gasteiger partial charge in [0.2, 0.25) is 0 Å². The number of esters is 1. The number of aromatic nitrogens is 2. The van der Waals surface area contributed by atoms with Gasteiger partial charge in [0.05, 0.1) is 23.4 Å². The van der Waals surface area contributed by atoms with Crippen LogP contribution in [0.3, 0.4) is 0 Å². The Morgan fingerprint density at radius 2 is 1.97 bits per heavy atom. The number of rotatable bonds is 6. The summed E-state index contributed by atoms with van der Waals surface area (Å²) in [6, 6.07) is 14.6. The molecule has 1 aromatic heterocycles. The first-order valence-corrected chi connectivity index (χ1v) is 11.2. The third-order valence-corrected chi connectivity index (χ3v) is 6.33. The first-order valence-electron chi connectivity index (χ1n) is 10.8. The van der Waals surface area contributed by atoms with Crippen LogP contribution in [0.1, 0.15) is 24.8 Å². The summed E-state index contributed by atoms with van der Waals surface area (Å²) in [6.07, 6.45) is 0.757. The van der Waals surface area contributed by atoms with Crippen molar-refractivity contribution >= 4 is 28.5 Å². The third kappa shape index (κ3) is 4.64. The number of nitrogens with one attached hydrogen (secondary N) is 1. The van der Waals surface area contributed by atoms with E-state index < -0.39 is 5.69 Å². The number of piperidine rings is 1. The van der Waals surface area contributed by atoms with Gasteiger partial charge >= 0.3 is 11.7 Å². The highest BCUT2D eigenvalue weighted by Gasteiger charge is 2.36. The molecule has 1 aliphatic heterocycles. The molecule has 7 nitrogen and oxygen atoms in total. The van der Waals surface area contributed by atoms with E-state index in [4.69, 9.17) is 16.3 Å². The summed E-state index contributed by atoms with van der Waals surface area (Å²) in [6.45, 7) is 4.09. The maximum atomic E-state index is 12.8. The number of benzene rings is 2. The van der Waals surface area contributed by atoms with Crippen molar-refractivity contribution in [2.75, 3.05) is 26.2 Å². The fourth-order valence-electron chi connectivity index (χ4n) is 4.49. The van der Waals surface area contributed by atoms with Crippen LogP contribution >= 0.6 is 11.6 Å². The van der Waals surface area contributed by atoms with Crippen LogP contribution in [0.4, 0.5) is 0 Å². The Morgan fingerprint density at radius 1 is 1.16 bits per heavy atom. The molecule has 0 saturated carbocycles. The lowest BCUT2D eigenvalue weighted by atomic mass is 9.80. The minimum absolute atomic E-state index is 0.00999. The number of H-pyrrole nitrogens is 1. The van der Waals surface area contributed by atoms with Gasteiger partial charge in [-0.05, 0) is 55.6 Å². The van der Waals surface area contributed by atoms with Crippen molar-refractivity contribution < 1.29 is 9.53 Å². The van der Waals surface area contributed by atoms with Crippen LogP contribution in [0, 0.1) is 5.92 Å². The second-order valence-corrected chi connectivity index (χ2v) is 8.48. The number of para-hydroxylation sites is 1. The van der Waals surface area contributed by atoms with Crippen LogP contribution in [0.15, 0.2) is 58.1 Å². The van der Waals surface area contributed by atoms with Gasteiger partial charge in [-0.15, -0.1) is 0 Å². The summed E-state index contributed by atoms with van der Waals surface area (Å²) in [7, 11) is 0. The van der Waals surface area contributed by atoms with E-state index in [0.29, 0.717) is 35.6 Å². The molecule has 3 aromatic rings. The normalized spacial score (nSPS) is 19.2. The van der Waals surface area contributed by atoms with Gasteiger partial charge in [-0.3, -0.25) is 14.2 Å². The molecule has 1 fully saturated rings. The zero-order valence-electron chi connectivity index (χ0n) is 17.9. The molecule has 168 valence electrons. The molecule has 4 rings (SSSR count). The van der Waals surface area contributed by atoms with Gasteiger partial charge in [0, 0.05) is 24.7 Å². The van der Waals surface area contributed by atoms with Crippen LogP contribution in [-0.2, 0) is 16.1 Å². The van der Waals surface area contributed by atoms with Crippen molar-refractivity contribution in [1.82, 2.24) is 14.5 Å². The Kier molecular flexibility index (Phi) is 6.77. The molecule has 1 aliphatic rings. The molecule has 0 unspecified atom stereocenters. The van der Waals surface area contributed by atoms with Crippen molar-refractivity contribution in [3.05, 3.63) is 80.0 Å². The Morgan fingerprint density at radius 3 is 2.75 bits per heavy atom. The molecule has 0 aliphatic carbocycles. The highest BCUT2D eigenvalue weighted by atomic mass is 35.5. The zero-order chi connectivity index (χ0) is 22.7. The molecular weight excluding hydrogens is 430 g/mol. The van der Waals surface area contributed by atoms with Gasteiger partial charge in [-0.2, -0.15) is 0 Å². The average Bonchev–Trinajstić information content (AvgIpc) is 2.79. The Hall–Kier alpha value is -2.90. The molecule has 8 heteroatoms. The highest BCUT2D eigenvalue weighted by Crippen LogP contribution is 2.35. The van der Waals surface area contributed by atoms with Gasteiger partial charge in [-0.1, -0.05) is 35.9 Å². The van der Waals surface area contributed by atoms with Crippen molar-refractivity contribution in [2.45, 2.75) is 25.8 Å². The predicted octanol–water partition coefficient (Wildman–Crippen LogP) is 3.01. The van der Waals surface area contributed by atoms with Crippen LogP contribution in [0.25, 0.3) is 10.9 Å². The van der Waals surface area contributed by atoms with Gasteiger partial charge in [-0.25, -0.2) is 4.79 Å². The van der Waals surface area contributed by atoms with Crippen molar-refractivity contribution in [3.63, 3.8) is 0 Å². The van der Waals surface area contributed by atoms with E-state index in [1.165, 1.54) is 4.57 Å². The van der Waals surface area contributed by atoms with E-state index in [-0.39, 0.29) is 29.9 Å². The molecule has 32 heavy (non-hydrogen) atoms. The lowest BCUT2D eigenvalue weighted by molar-refractivity contribution is -0.150. The number of ether oxygens (including phenoxy) is 1. The van der Waals surface area contributed by atoms with Crippen LogP contribution in [0.5, 0.6) is 0 Å². The topological polar surface area (TPSA) is 84.4 Å². The Balaban J connectivity index is 1.52. The first kappa shape index (κ1) is 22.3. The Labute approximate surface area is 190 Å². The molecule has 0 bridgehead atoms. The minimum Gasteiger partial charge on any atom is -0.466 e. The average molecular weight is 456 g/mol. The number of fused-ring (bicyclic) bond motifs is 1. The molecule has 1 N–H and O–H groups in total. The maximum Gasteiger partial charge on any atom is 0.328 e. The molecule has 2 aromatic carbocycles. The number of likely N-dealkylation sites (tertiary alicyclic amines) is 1. The summed E-state index contributed by atoms with van der Waals surface area (Å²) in [5.41, 5.74) is 0.824. The van der Waals surface area contributed by atoms with Crippen molar-refractivity contribution in [2.24, 2.45) is 5.92 Å². The summed E-state index contributed by atoms with van der Waals surface area (Å²) in [5.74, 6) is -0.563. The lowest BCUT2D eigenvalue weighted by Crippen LogP contribution is -2.46. The molecule has 2 heterocycles. The van der Waals surface area contributed by atoms with Gasteiger partial charge in [0.1, 0.15) is 0 Å². The standard InChI is InChI=1S/C24H26ClN3O4/c1-2-32-23(30)20-15-27(11-10-18(20)16-6-5-7-17(25)14-16)12-13-28-22(29)19-8-3-4-9-21(19)26-24(28)31/h3-9,14,18,20H,2,10-13,15H2,1H3,(H,26,31)/t18-,20-/m1/s1. The first-order chi connectivity index (χ1) is 15.5.